The number of halogens is 1. The number of aliphatic hydroxyl groups is 1. The monoisotopic (exact) mass is 497 g/mol. The normalized spacial score (nSPS) is 26.5. The Bertz CT molecular complexity index is 1400. The van der Waals surface area contributed by atoms with E-state index in [1.807, 2.05) is 18.2 Å². The molecule has 3 aliphatic rings. The first kappa shape index (κ1) is 21.5. The Morgan fingerprint density at radius 1 is 1.06 bits per heavy atom. The highest BCUT2D eigenvalue weighted by Gasteiger charge is 2.48. The van der Waals surface area contributed by atoms with Crippen LogP contribution in [0.2, 0.25) is 5.02 Å². The van der Waals surface area contributed by atoms with E-state index in [-0.39, 0.29) is 31.0 Å². The minimum atomic E-state index is -0.627. The number of rotatable bonds is 6. The number of fused-ring (bicyclic) bond motifs is 3. The van der Waals surface area contributed by atoms with E-state index in [2.05, 4.69) is 26.8 Å². The quantitative estimate of drug-likeness (QED) is 0.416. The van der Waals surface area contributed by atoms with E-state index in [0.717, 1.165) is 22.3 Å². The van der Waals surface area contributed by atoms with Crippen molar-refractivity contribution >= 4 is 33.7 Å². The van der Waals surface area contributed by atoms with Crippen LogP contribution in [0.3, 0.4) is 0 Å². The molecule has 0 amide bonds. The zero-order chi connectivity index (χ0) is 23.5. The molecule has 7 rings (SSSR count). The molecule has 3 saturated heterocycles. The van der Waals surface area contributed by atoms with Crippen LogP contribution in [0.15, 0.2) is 30.3 Å². The Morgan fingerprint density at radius 2 is 1.89 bits per heavy atom. The fourth-order valence-electron chi connectivity index (χ4n) is 5.07. The second kappa shape index (κ2) is 8.42. The van der Waals surface area contributed by atoms with Crippen molar-refractivity contribution in [1.82, 2.24) is 24.7 Å². The molecule has 0 spiro atoms. The lowest BCUT2D eigenvalue weighted by molar-refractivity contribution is -0.0268. The molecular weight excluding hydrogens is 474 g/mol. The van der Waals surface area contributed by atoms with Crippen LogP contribution in [0, 0.1) is 0 Å². The van der Waals surface area contributed by atoms with Crippen molar-refractivity contribution in [2.24, 2.45) is 0 Å². The zero-order valence-electron chi connectivity index (χ0n) is 18.8. The Hall–Kier alpha value is -2.76. The highest BCUT2D eigenvalue weighted by atomic mass is 35.5. The lowest BCUT2D eigenvalue weighted by atomic mass is 10.1. The number of nitrogens with zero attached hydrogens (tertiary/aromatic N) is 4. The van der Waals surface area contributed by atoms with Gasteiger partial charge in [0.05, 0.1) is 59.9 Å². The van der Waals surface area contributed by atoms with Crippen LogP contribution in [0.4, 0.5) is 0 Å². The molecule has 0 saturated carbocycles. The fraction of sp³-hybridized carbons (Fsp3) is 0.458. The summed E-state index contributed by atoms with van der Waals surface area (Å²) in [6.45, 7) is 1.97. The van der Waals surface area contributed by atoms with E-state index in [0.29, 0.717) is 54.9 Å². The predicted molar refractivity (Wildman–Crippen MR) is 126 cm³/mol. The maximum absolute atomic E-state index is 9.93. The minimum absolute atomic E-state index is 0.248. The number of aryl methyl sites for hydroxylation is 2. The predicted octanol–water partition coefficient (Wildman–Crippen LogP) is 2.22. The molecule has 2 N–H and O–H groups in total. The average molecular weight is 498 g/mol. The number of aromatic amines is 1. The topological polar surface area (TPSA) is 117 Å². The van der Waals surface area contributed by atoms with Crippen molar-refractivity contribution in [2.45, 2.75) is 43.3 Å². The number of pyridine rings is 1. The third-order valence-corrected chi connectivity index (χ3v) is 7.30. The van der Waals surface area contributed by atoms with Gasteiger partial charge in [-0.3, -0.25) is 4.68 Å². The highest BCUT2D eigenvalue weighted by Crippen LogP contribution is 2.31. The lowest BCUT2D eigenvalue weighted by Gasteiger charge is -2.26. The van der Waals surface area contributed by atoms with Crippen molar-refractivity contribution < 1.29 is 24.1 Å². The van der Waals surface area contributed by atoms with Crippen molar-refractivity contribution in [2.75, 3.05) is 26.4 Å². The zero-order valence-corrected chi connectivity index (χ0v) is 19.5. The number of imidazole rings is 1. The van der Waals surface area contributed by atoms with Gasteiger partial charge in [0.2, 0.25) is 0 Å². The summed E-state index contributed by atoms with van der Waals surface area (Å²) in [6.07, 6.45) is -0.317. The van der Waals surface area contributed by atoms with Crippen LogP contribution < -0.4 is 4.74 Å². The standard InChI is InChI=1S/C24H24ClN5O5/c25-14-7-17-23(28-24(27-17)35-20-11-34-21-19(31)10-33-22(20)21)26-16(14)6-5-15-13-3-1-2-4-18(13)30(29-15)12-8-32-9-12/h1-4,7,12,19-22,31H,5-6,8-11H2,(H,26,27,28)/t19-,20-,21-,22-/m1/s1. The minimum Gasteiger partial charge on any atom is -0.456 e. The number of para-hydroxylation sites is 1. The van der Waals surface area contributed by atoms with Gasteiger partial charge < -0.3 is 29.0 Å². The Balaban J connectivity index is 1.11. The summed E-state index contributed by atoms with van der Waals surface area (Å²) in [4.78, 5) is 12.3. The number of nitrogens with one attached hydrogen (secondary N) is 1. The van der Waals surface area contributed by atoms with Gasteiger partial charge in [-0.05, 0) is 25.0 Å². The van der Waals surface area contributed by atoms with Gasteiger partial charge in [-0.2, -0.15) is 10.1 Å². The van der Waals surface area contributed by atoms with Crippen LogP contribution in [-0.2, 0) is 27.1 Å². The summed E-state index contributed by atoms with van der Waals surface area (Å²) in [6, 6.07) is 10.7. The summed E-state index contributed by atoms with van der Waals surface area (Å²) in [5.74, 6) is 0. The summed E-state index contributed by atoms with van der Waals surface area (Å²) in [7, 11) is 0. The third-order valence-electron chi connectivity index (χ3n) is 6.98. The fourth-order valence-corrected chi connectivity index (χ4v) is 5.32. The van der Waals surface area contributed by atoms with Crippen molar-refractivity contribution in [1.29, 1.82) is 0 Å². The van der Waals surface area contributed by atoms with E-state index < -0.39 is 6.10 Å². The molecule has 182 valence electrons. The van der Waals surface area contributed by atoms with Gasteiger partial charge in [0.1, 0.15) is 18.3 Å². The van der Waals surface area contributed by atoms with Gasteiger partial charge in [0.15, 0.2) is 11.8 Å². The van der Waals surface area contributed by atoms with Gasteiger partial charge in [-0.15, -0.1) is 0 Å². The summed E-state index contributed by atoms with van der Waals surface area (Å²) in [5, 5.41) is 16.5. The van der Waals surface area contributed by atoms with E-state index in [4.69, 9.17) is 40.6 Å². The van der Waals surface area contributed by atoms with Gasteiger partial charge in [0.25, 0.3) is 6.01 Å². The second-order valence-electron chi connectivity index (χ2n) is 9.25. The van der Waals surface area contributed by atoms with Crippen LogP contribution in [0.1, 0.15) is 17.4 Å². The molecule has 3 aromatic heterocycles. The molecule has 3 aliphatic heterocycles. The molecule has 3 fully saturated rings. The number of benzene rings is 1. The first-order chi connectivity index (χ1) is 17.1. The second-order valence-corrected chi connectivity index (χ2v) is 9.66. The van der Waals surface area contributed by atoms with E-state index in [1.54, 1.807) is 0 Å². The molecule has 10 nitrogen and oxygen atoms in total. The van der Waals surface area contributed by atoms with E-state index >= 15 is 0 Å². The van der Waals surface area contributed by atoms with Crippen molar-refractivity contribution in [3.63, 3.8) is 0 Å². The number of hydrogen-bond acceptors (Lipinski definition) is 8. The van der Waals surface area contributed by atoms with E-state index in [1.165, 1.54) is 0 Å². The van der Waals surface area contributed by atoms with Gasteiger partial charge in [-0.1, -0.05) is 29.8 Å². The molecule has 11 heteroatoms. The lowest BCUT2D eigenvalue weighted by Crippen LogP contribution is -2.34. The molecule has 6 heterocycles. The molecule has 1 aromatic carbocycles. The smallest absolute Gasteiger partial charge is 0.296 e. The molecule has 0 radical (unpaired) electrons. The molecule has 35 heavy (non-hydrogen) atoms. The Labute approximate surface area is 205 Å². The van der Waals surface area contributed by atoms with E-state index in [9.17, 15) is 5.11 Å². The number of H-pyrrole nitrogens is 1. The molecule has 0 unspecified atom stereocenters. The van der Waals surface area contributed by atoms with Crippen LogP contribution in [-0.4, -0.2) is 80.7 Å². The highest BCUT2D eigenvalue weighted by molar-refractivity contribution is 6.31. The Morgan fingerprint density at radius 3 is 2.74 bits per heavy atom. The molecule has 4 atom stereocenters. The number of aliphatic hydroxyl groups excluding tert-OH is 1. The van der Waals surface area contributed by atoms with Gasteiger partial charge >= 0.3 is 0 Å². The van der Waals surface area contributed by atoms with Crippen molar-refractivity contribution in [3.8, 4) is 6.01 Å². The average Bonchev–Trinajstić information content (AvgIpc) is 3.57. The maximum Gasteiger partial charge on any atom is 0.296 e. The SMILES string of the molecule is O[C@@H]1CO[C@H]2[C@@H]1OC[C@H]2Oc1nc2nc(CCc3nn(C4COC4)c4ccccc34)c(Cl)cc2[nH]1. The Kier molecular flexibility index (Phi) is 5.18. The molecule has 4 aromatic rings. The first-order valence-corrected chi connectivity index (χ1v) is 12.2. The summed E-state index contributed by atoms with van der Waals surface area (Å²) < 4.78 is 24.7. The maximum atomic E-state index is 9.93. The summed E-state index contributed by atoms with van der Waals surface area (Å²) in [5.41, 5.74) is 4.12. The number of aromatic nitrogens is 5. The van der Waals surface area contributed by atoms with Crippen LogP contribution in [0.5, 0.6) is 6.01 Å². The van der Waals surface area contributed by atoms with Crippen LogP contribution >= 0.6 is 11.6 Å². The number of hydrogen-bond donors (Lipinski definition) is 2. The molecule has 0 bridgehead atoms. The molecular formula is C24H24ClN5O5. The van der Waals surface area contributed by atoms with Crippen molar-refractivity contribution in [3.05, 3.63) is 46.7 Å². The third kappa shape index (κ3) is 3.68. The molecule has 0 aliphatic carbocycles. The van der Waals surface area contributed by atoms with Crippen LogP contribution in [0.25, 0.3) is 22.1 Å². The summed E-state index contributed by atoms with van der Waals surface area (Å²) >= 11 is 6.58. The van der Waals surface area contributed by atoms with Gasteiger partial charge in [-0.25, -0.2) is 4.98 Å². The largest absolute Gasteiger partial charge is 0.456 e. The number of ether oxygens (including phenoxy) is 4. The first-order valence-electron chi connectivity index (χ1n) is 11.8. The van der Waals surface area contributed by atoms with Gasteiger partial charge in [0, 0.05) is 5.39 Å².